The fraction of sp³-hybridized carbons (Fsp3) is 0.500. The van der Waals surface area contributed by atoms with E-state index in [2.05, 4.69) is 10.3 Å². The van der Waals surface area contributed by atoms with Gasteiger partial charge in [0.25, 0.3) is 0 Å². The summed E-state index contributed by atoms with van der Waals surface area (Å²) in [7, 11) is 0. The number of nitrogens with zero attached hydrogens (tertiary/aromatic N) is 1. The first-order chi connectivity index (χ1) is 9.22. The van der Waals surface area contributed by atoms with Gasteiger partial charge in [-0.15, -0.1) is 0 Å². The monoisotopic (exact) mass is 282 g/mol. The van der Waals surface area contributed by atoms with Crippen LogP contribution < -0.4 is 5.32 Å². The molecule has 0 bridgehead atoms. The number of fused-ring (bicyclic) bond motifs is 1. The summed E-state index contributed by atoms with van der Waals surface area (Å²) in [4.78, 5) is 4.67. The van der Waals surface area contributed by atoms with Gasteiger partial charge in [-0.25, -0.2) is 8.78 Å². The van der Waals surface area contributed by atoms with Gasteiger partial charge >= 0.3 is 0 Å². The molecule has 0 amide bonds. The van der Waals surface area contributed by atoms with Gasteiger partial charge in [-0.05, 0) is 30.9 Å². The molecule has 0 radical (unpaired) electrons. The molecule has 0 aromatic heterocycles. The topological polar surface area (TPSA) is 24.4 Å². The largest absolute Gasteiger partial charge is 0.333 e. The van der Waals surface area contributed by atoms with Crippen LogP contribution in [0.2, 0.25) is 0 Å². The molecule has 19 heavy (non-hydrogen) atoms. The predicted octanol–water partition coefficient (Wildman–Crippen LogP) is 4.04. The van der Waals surface area contributed by atoms with Crippen LogP contribution in [0.3, 0.4) is 0 Å². The van der Waals surface area contributed by atoms with E-state index < -0.39 is 11.6 Å². The van der Waals surface area contributed by atoms with Gasteiger partial charge in [-0.3, -0.25) is 4.99 Å². The summed E-state index contributed by atoms with van der Waals surface area (Å²) in [5, 5.41) is 3.74. The highest BCUT2D eigenvalue weighted by atomic mass is 32.2. The van der Waals surface area contributed by atoms with Crippen LogP contribution in [-0.4, -0.2) is 17.0 Å². The van der Waals surface area contributed by atoms with Crippen molar-refractivity contribution in [2.75, 3.05) is 11.1 Å². The Morgan fingerprint density at radius 1 is 1.21 bits per heavy atom. The number of nitrogens with one attached hydrogen (secondary N) is 1. The lowest BCUT2D eigenvalue weighted by Crippen LogP contribution is -2.31. The molecule has 1 N–H and O–H groups in total. The van der Waals surface area contributed by atoms with Gasteiger partial charge in [-0.1, -0.05) is 24.6 Å². The normalized spacial score (nSPS) is 26.5. The molecule has 3 rings (SSSR count). The molecule has 0 spiro atoms. The van der Waals surface area contributed by atoms with Crippen molar-refractivity contribution in [3.8, 4) is 0 Å². The van der Waals surface area contributed by atoms with Gasteiger partial charge in [0.15, 0.2) is 5.17 Å². The highest BCUT2D eigenvalue weighted by Crippen LogP contribution is 2.34. The van der Waals surface area contributed by atoms with Gasteiger partial charge in [0.2, 0.25) is 0 Å². The fourth-order valence-electron chi connectivity index (χ4n) is 2.70. The Morgan fingerprint density at radius 2 is 2.05 bits per heavy atom. The third-order valence-corrected chi connectivity index (χ3v) is 4.83. The smallest absolute Gasteiger partial charge is 0.161 e. The summed E-state index contributed by atoms with van der Waals surface area (Å²) >= 11 is 1.64. The predicted molar refractivity (Wildman–Crippen MR) is 75.6 cm³/mol. The standard InChI is InChI=1S/C14H16F2N2S/c15-10-5-6-13(11(16)7-10)18-14-17-12-4-2-1-3-9(12)8-19-14/h5-7,9,12H,1-4,8H2,(H,17,18). The van der Waals surface area contributed by atoms with Crippen LogP contribution in [0.5, 0.6) is 0 Å². The van der Waals surface area contributed by atoms with Gasteiger partial charge < -0.3 is 5.32 Å². The van der Waals surface area contributed by atoms with E-state index in [0.29, 0.717) is 17.6 Å². The zero-order valence-electron chi connectivity index (χ0n) is 10.5. The average molecular weight is 282 g/mol. The lowest BCUT2D eigenvalue weighted by molar-refractivity contribution is 0.336. The summed E-state index contributed by atoms with van der Waals surface area (Å²) in [5.41, 5.74) is 0.293. The molecule has 0 saturated heterocycles. The Hall–Kier alpha value is -1.10. The van der Waals surface area contributed by atoms with Crippen molar-refractivity contribution in [3.63, 3.8) is 0 Å². The molecule has 1 fully saturated rings. The van der Waals surface area contributed by atoms with E-state index in [1.54, 1.807) is 11.8 Å². The first-order valence-electron chi connectivity index (χ1n) is 6.65. The van der Waals surface area contributed by atoms with Crippen molar-refractivity contribution < 1.29 is 8.78 Å². The molecule has 1 aromatic rings. The number of halogens is 2. The van der Waals surface area contributed by atoms with Crippen molar-refractivity contribution in [2.24, 2.45) is 10.9 Å². The van der Waals surface area contributed by atoms with Crippen molar-refractivity contribution in [1.82, 2.24) is 0 Å². The molecular weight excluding hydrogens is 266 g/mol. The SMILES string of the molecule is Fc1ccc(NC2=NC3CCCCC3CS2)c(F)c1. The Morgan fingerprint density at radius 3 is 2.89 bits per heavy atom. The third-order valence-electron chi connectivity index (χ3n) is 3.76. The second-order valence-electron chi connectivity index (χ2n) is 5.11. The number of hydrogen-bond acceptors (Lipinski definition) is 3. The highest BCUT2D eigenvalue weighted by Gasteiger charge is 2.29. The number of benzene rings is 1. The number of thioether (sulfide) groups is 1. The zero-order chi connectivity index (χ0) is 13.2. The molecular formula is C14H16F2N2S. The van der Waals surface area contributed by atoms with Crippen LogP contribution in [-0.2, 0) is 0 Å². The van der Waals surface area contributed by atoms with Gasteiger partial charge in [-0.2, -0.15) is 0 Å². The molecule has 1 saturated carbocycles. The van der Waals surface area contributed by atoms with Crippen molar-refractivity contribution in [2.45, 2.75) is 31.7 Å². The Kier molecular flexibility index (Phi) is 3.73. The summed E-state index contributed by atoms with van der Waals surface area (Å²) in [5.74, 6) is 0.573. The first kappa shape index (κ1) is 12.9. The first-order valence-corrected chi connectivity index (χ1v) is 7.63. The third kappa shape index (κ3) is 2.91. The maximum atomic E-state index is 13.6. The molecule has 2 unspecified atom stereocenters. The Bertz CT molecular complexity index is 504. The Balaban J connectivity index is 1.74. The van der Waals surface area contributed by atoms with Crippen molar-refractivity contribution in [3.05, 3.63) is 29.8 Å². The van der Waals surface area contributed by atoms with E-state index in [1.165, 1.54) is 31.4 Å². The molecule has 1 aliphatic carbocycles. The molecule has 2 nitrogen and oxygen atoms in total. The van der Waals surface area contributed by atoms with Crippen LogP contribution in [0.15, 0.2) is 23.2 Å². The summed E-state index contributed by atoms with van der Waals surface area (Å²) in [6.07, 6.45) is 4.90. The Labute approximate surface area is 115 Å². The fourth-order valence-corrected chi connectivity index (χ4v) is 3.85. The molecule has 2 atom stereocenters. The lowest BCUT2D eigenvalue weighted by Gasteiger charge is -2.32. The second kappa shape index (κ2) is 5.49. The second-order valence-corrected chi connectivity index (χ2v) is 6.12. The average Bonchev–Trinajstić information content (AvgIpc) is 2.42. The van der Waals surface area contributed by atoms with Crippen LogP contribution in [0.4, 0.5) is 14.5 Å². The van der Waals surface area contributed by atoms with E-state index in [0.717, 1.165) is 23.4 Å². The summed E-state index contributed by atoms with van der Waals surface area (Å²) in [6.45, 7) is 0. The van der Waals surface area contributed by atoms with Crippen molar-refractivity contribution in [1.29, 1.82) is 0 Å². The van der Waals surface area contributed by atoms with E-state index in [1.807, 2.05) is 0 Å². The number of anilines is 1. The maximum absolute atomic E-state index is 13.6. The molecule has 1 aliphatic heterocycles. The number of amidine groups is 1. The minimum Gasteiger partial charge on any atom is -0.333 e. The molecule has 5 heteroatoms. The van der Waals surface area contributed by atoms with Gasteiger partial charge in [0.1, 0.15) is 11.6 Å². The minimum absolute atomic E-state index is 0.293. The van der Waals surface area contributed by atoms with Crippen molar-refractivity contribution >= 4 is 22.6 Å². The van der Waals surface area contributed by atoms with E-state index >= 15 is 0 Å². The summed E-state index contributed by atoms with van der Waals surface area (Å²) < 4.78 is 26.4. The molecule has 1 aromatic carbocycles. The quantitative estimate of drug-likeness (QED) is 0.840. The van der Waals surface area contributed by atoms with Crippen LogP contribution in [0, 0.1) is 17.6 Å². The van der Waals surface area contributed by atoms with Crippen LogP contribution in [0.25, 0.3) is 0 Å². The zero-order valence-corrected chi connectivity index (χ0v) is 11.4. The minimum atomic E-state index is -0.575. The molecule has 2 aliphatic rings. The lowest BCUT2D eigenvalue weighted by atomic mass is 9.86. The van der Waals surface area contributed by atoms with Gasteiger partial charge in [0, 0.05) is 11.8 Å². The van der Waals surface area contributed by atoms with E-state index in [-0.39, 0.29) is 0 Å². The highest BCUT2D eigenvalue weighted by molar-refractivity contribution is 8.14. The van der Waals surface area contributed by atoms with E-state index in [4.69, 9.17) is 0 Å². The summed E-state index contributed by atoms with van der Waals surface area (Å²) in [6, 6.07) is 3.93. The molecule has 102 valence electrons. The number of aliphatic imine (C=N–C) groups is 1. The van der Waals surface area contributed by atoms with Crippen LogP contribution >= 0.6 is 11.8 Å². The number of rotatable bonds is 1. The number of hydrogen-bond donors (Lipinski definition) is 1. The maximum Gasteiger partial charge on any atom is 0.161 e. The molecule has 1 heterocycles. The van der Waals surface area contributed by atoms with E-state index in [9.17, 15) is 8.78 Å². The van der Waals surface area contributed by atoms with Gasteiger partial charge in [0.05, 0.1) is 11.7 Å². The van der Waals surface area contributed by atoms with Crippen LogP contribution in [0.1, 0.15) is 25.7 Å².